The van der Waals surface area contributed by atoms with Crippen LogP contribution in [0.5, 0.6) is 0 Å². The van der Waals surface area contributed by atoms with E-state index in [2.05, 4.69) is 71.6 Å². The van der Waals surface area contributed by atoms with Crippen molar-refractivity contribution in [2.45, 2.75) is 43.2 Å². The van der Waals surface area contributed by atoms with Gasteiger partial charge in [0.25, 0.3) is 0 Å². The van der Waals surface area contributed by atoms with E-state index >= 15 is 0 Å². The van der Waals surface area contributed by atoms with Gasteiger partial charge < -0.3 is 0 Å². The quantitative estimate of drug-likeness (QED) is 0.439. The van der Waals surface area contributed by atoms with E-state index in [4.69, 9.17) is 0 Å². The summed E-state index contributed by atoms with van der Waals surface area (Å²) in [6.45, 7) is 4.90. The normalized spacial score (nSPS) is 26.1. The van der Waals surface area contributed by atoms with E-state index in [1.807, 2.05) is 0 Å². The van der Waals surface area contributed by atoms with Crippen molar-refractivity contribution in [3.05, 3.63) is 81.9 Å². The van der Waals surface area contributed by atoms with Gasteiger partial charge in [-0.1, -0.05) is 0 Å². The van der Waals surface area contributed by atoms with Crippen molar-refractivity contribution in [2.24, 2.45) is 0 Å². The van der Waals surface area contributed by atoms with E-state index in [1.54, 1.807) is 44.5 Å². The van der Waals surface area contributed by atoms with Gasteiger partial charge in [0.15, 0.2) is 0 Å². The van der Waals surface area contributed by atoms with Gasteiger partial charge in [-0.05, 0) is 0 Å². The van der Waals surface area contributed by atoms with Gasteiger partial charge in [0, 0.05) is 0 Å². The Morgan fingerprint density at radius 3 is 1.52 bits per heavy atom. The molecule has 2 aromatic rings. The first kappa shape index (κ1) is 16.0. The van der Waals surface area contributed by atoms with Crippen LogP contribution in [0.25, 0.3) is 11.1 Å². The standard InChI is InChI=1S/C22H20.2CH3.Zr/c1-15-13-17-7-3-5-9-21(17)19(15)11-12-20-16(2)14-18-8-4-6-10-22(18)20;;;/h3-10,13-14H,11-12H2,1-2H3;2*1H3;. The molecule has 4 bridgehead atoms. The molecule has 25 heavy (non-hydrogen) atoms. The van der Waals surface area contributed by atoms with Gasteiger partial charge in [-0.25, -0.2) is 0 Å². The van der Waals surface area contributed by atoms with Crippen molar-refractivity contribution in [3.8, 4) is 0 Å². The minimum atomic E-state index is -2.55. The van der Waals surface area contributed by atoms with E-state index in [1.165, 1.54) is 12.8 Å². The van der Waals surface area contributed by atoms with Crippen LogP contribution in [-0.4, -0.2) is 0 Å². The van der Waals surface area contributed by atoms with E-state index < -0.39 is 20.3 Å². The monoisotopic (exact) mass is 404 g/mol. The number of rotatable bonds is 0. The van der Waals surface area contributed by atoms with Crippen LogP contribution >= 0.6 is 0 Å². The Morgan fingerprint density at radius 2 is 1.08 bits per heavy atom. The first-order chi connectivity index (χ1) is 12.0. The number of benzene rings is 2. The van der Waals surface area contributed by atoms with Crippen molar-refractivity contribution in [3.63, 3.8) is 0 Å². The molecule has 0 N–H and O–H groups in total. The summed E-state index contributed by atoms with van der Waals surface area (Å²) in [7, 11) is 0. The van der Waals surface area contributed by atoms with Crippen LogP contribution < -0.4 is 0 Å². The number of hydrogen-bond acceptors (Lipinski definition) is 0. The molecular formula is C24H26Zr. The molecule has 2 aromatic carbocycles. The van der Waals surface area contributed by atoms with Gasteiger partial charge in [0.2, 0.25) is 0 Å². The fraction of sp³-hybridized carbons (Fsp3) is 0.333. The first-order valence-electron chi connectivity index (χ1n) is 9.59. The summed E-state index contributed by atoms with van der Waals surface area (Å²) in [4.78, 5) is 0. The van der Waals surface area contributed by atoms with Crippen LogP contribution in [0.3, 0.4) is 0 Å². The molecule has 0 spiro atoms. The average Bonchev–Trinajstić information content (AvgIpc) is 3.04. The summed E-state index contributed by atoms with van der Waals surface area (Å²) < 4.78 is 6.88. The van der Waals surface area contributed by atoms with Crippen molar-refractivity contribution in [2.75, 3.05) is 0 Å². The van der Waals surface area contributed by atoms with Crippen LogP contribution in [0, 0.1) is 0 Å². The van der Waals surface area contributed by atoms with Crippen LogP contribution in [0.2, 0.25) is 9.26 Å². The molecule has 0 fully saturated rings. The number of hydrogen-bond donors (Lipinski definition) is 0. The summed E-state index contributed by atoms with van der Waals surface area (Å²) in [5.74, 6) is 0. The molecule has 126 valence electrons. The molecule has 0 saturated heterocycles. The zero-order chi connectivity index (χ0) is 17.3. The molecule has 2 aliphatic carbocycles. The van der Waals surface area contributed by atoms with Gasteiger partial charge in [0.1, 0.15) is 0 Å². The van der Waals surface area contributed by atoms with Crippen LogP contribution in [0.15, 0.2) is 59.7 Å². The SMILES string of the molecule is CC1=C2CCC3=C(C)[CH](c4ccccc43)[Zr]([CH3])([CH3])[CH]1c1ccccc12. The van der Waals surface area contributed by atoms with Crippen molar-refractivity contribution >= 4 is 11.1 Å². The van der Waals surface area contributed by atoms with Crippen molar-refractivity contribution in [1.29, 1.82) is 0 Å². The van der Waals surface area contributed by atoms with E-state index in [0.717, 1.165) is 7.25 Å². The third-order valence-electron chi connectivity index (χ3n) is 7.12. The maximum absolute atomic E-state index is 2.71. The first-order valence-corrected chi connectivity index (χ1v) is 17.3. The predicted molar refractivity (Wildman–Crippen MR) is 105 cm³/mol. The molecule has 5 rings (SSSR count). The van der Waals surface area contributed by atoms with Gasteiger partial charge in [-0.3, -0.25) is 0 Å². The molecular weight excluding hydrogens is 379 g/mol. The Bertz CT molecular complexity index is 880. The Labute approximate surface area is 156 Å². The fourth-order valence-electron chi connectivity index (χ4n) is 6.28. The molecule has 0 nitrogen and oxygen atoms in total. The third-order valence-corrected chi connectivity index (χ3v) is 18.1. The molecule has 0 saturated carbocycles. The third kappa shape index (κ3) is 2.03. The Morgan fingerprint density at radius 1 is 0.680 bits per heavy atom. The molecule has 0 radical (unpaired) electrons. The molecule has 1 heteroatoms. The van der Waals surface area contributed by atoms with Crippen LogP contribution in [-0.2, 0) is 20.3 Å². The zero-order valence-corrected chi connectivity index (χ0v) is 18.1. The molecule has 0 amide bonds. The summed E-state index contributed by atoms with van der Waals surface area (Å²) in [5, 5.41) is 0. The summed E-state index contributed by atoms with van der Waals surface area (Å²) in [6.07, 6.45) is 2.41. The number of allylic oxidation sites excluding steroid dienone is 4. The summed E-state index contributed by atoms with van der Waals surface area (Å²) in [6, 6.07) is 18.6. The molecule has 1 aliphatic heterocycles. The molecule has 2 atom stereocenters. The minimum absolute atomic E-state index is 0.728. The summed E-state index contributed by atoms with van der Waals surface area (Å²) in [5.41, 5.74) is 13.2. The second-order valence-electron chi connectivity index (χ2n) is 8.69. The van der Waals surface area contributed by atoms with E-state index in [9.17, 15) is 0 Å². The maximum atomic E-state index is 2.71. The number of fused-ring (bicyclic) bond motifs is 8. The van der Waals surface area contributed by atoms with E-state index in [-0.39, 0.29) is 0 Å². The predicted octanol–water partition coefficient (Wildman–Crippen LogP) is 7.09. The molecule has 3 aliphatic rings. The van der Waals surface area contributed by atoms with Gasteiger partial charge in [0.05, 0.1) is 0 Å². The molecule has 0 aromatic heterocycles. The van der Waals surface area contributed by atoms with Gasteiger partial charge >= 0.3 is 157 Å². The average molecular weight is 406 g/mol. The Hall–Kier alpha value is -1.20. The Balaban J connectivity index is 1.80. The van der Waals surface area contributed by atoms with Crippen LogP contribution in [0.1, 0.15) is 56.2 Å². The fourth-order valence-corrected chi connectivity index (χ4v) is 18.6. The van der Waals surface area contributed by atoms with Crippen molar-refractivity contribution < 1.29 is 20.3 Å². The molecule has 1 heterocycles. The summed E-state index contributed by atoms with van der Waals surface area (Å²) >= 11 is -2.55. The zero-order valence-electron chi connectivity index (χ0n) is 15.7. The van der Waals surface area contributed by atoms with Gasteiger partial charge in [-0.2, -0.15) is 0 Å². The van der Waals surface area contributed by atoms with E-state index in [0.29, 0.717) is 0 Å². The van der Waals surface area contributed by atoms with Gasteiger partial charge in [-0.15, -0.1) is 0 Å². The topological polar surface area (TPSA) is 0 Å². The Kier molecular flexibility index (Phi) is 3.46. The molecule has 2 unspecified atom stereocenters. The van der Waals surface area contributed by atoms with Crippen LogP contribution in [0.4, 0.5) is 0 Å². The second-order valence-corrected chi connectivity index (χ2v) is 20.5. The van der Waals surface area contributed by atoms with Crippen molar-refractivity contribution in [1.82, 2.24) is 0 Å². The second kappa shape index (κ2) is 5.40.